The quantitative estimate of drug-likeness (QED) is 0.0864. The van der Waals surface area contributed by atoms with Crippen LogP contribution in [0.5, 0.6) is 0 Å². The summed E-state index contributed by atoms with van der Waals surface area (Å²) in [6.07, 6.45) is 0.0932. The Kier molecular flexibility index (Phi) is 12.0. The van der Waals surface area contributed by atoms with Gasteiger partial charge < -0.3 is 21.5 Å². The van der Waals surface area contributed by atoms with Crippen molar-refractivity contribution in [2.75, 3.05) is 5.75 Å². The molecule has 4 rings (SSSR count). The van der Waals surface area contributed by atoms with Crippen LogP contribution in [0.3, 0.4) is 0 Å². The highest BCUT2D eigenvalue weighted by atomic mass is 35.5. The van der Waals surface area contributed by atoms with Gasteiger partial charge in [0.2, 0.25) is 11.8 Å². The van der Waals surface area contributed by atoms with Crippen LogP contribution in [0.25, 0.3) is 0 Å². The molecule has 0 radical (unpaired) electrons. The van der Waals surface area contributed by atoms with Gasteiger partial charge in [-0.05, 0) is 48.2 Å². The van der Waals surface area contributed by atoms with E-state index >= 15 is 0 Å². The second kappa shape index (κ2) is 15.7. The lowest BCUT2D eigenvalue weighted by Crippen LogP contribution is -2.59. The third-order valence-corrected chi connectivity index (χ3v) is 9.76. The number of carbonyl (C=O) groups is 3. The highest BCUT2D eigenvalue weighted by Gasteiger charge is 2.39. The number of thioether (sulfide) groups is 1. The fraction of sp³-hybridized carbons (Fsp3) is 0.250. The van der Waals surface area contributed by atoms with Crippen molar-refractivity contribution >= 4 is 53.8 Å². The molecule has 0 aliphatic heterocycles. The Balaban J connectivity index is 1.62. The smallest absolute Gasteiger partial charge is 0.327 e. The van der Waals surface area contributed by atoms with Gasteiger partial charge in [0.15, 0.2) is 0 Å². The predicted molar refractivity (Wildman–Crippen MR) is 189 cm³/mol. The Bertz CT molecular complexity index is 1500. The number of thiol groups is 1. The minimum Gasteiger partial charge on any atom is -0.480 e. The van der Waals surface area contributed by atoms with Crippen LogP contribution >= 0.6 is 36.0 Å². The van der Waals surface area contributed by atoms with Crippen molar-refractivity contribution in [2.24, 2.45) is 5.73 Å². The van der Waals surface area contributed by atoms with Crippen LogP contribution < -0.4 is 16.4 Å². The zero-order valence-electron chi connectivity index (χ0n) is 25.6. The number of carbonyl (C=O) groups excluding carboxylic acids is 2. The summed E-state index contributed by atoms with van der Waals surface area (Å²) in [5.41, 5.74) is 10.4. The van der Waals surface area contributed by atoms with Crippen LogP contribution in [0.4, 0.5) is 0 Å². The maximum Gasteiger partial charge on any atom is 0.327 e. The van der Waals surface area contributed by atoms with E-state index in [2.05, 4.69) is 59.7 Å². The molecule has 0 fully saturated rings. The monoisotopic (exact) mass is 675 g/mol. The summed E-state index contributed by atoms with van der Waals surface area (Å²) in [5, 5.41) is 15.6. The summed E-state index contributed by atoms with van der Waals surface area (Å²) < 4.78 is -1.76. The molecular weight excluding hydrogens is 638 g/mol. The van der Waals surface area contributed by atoms with Crippen LogP contribution in [0, 0.1) is 0 Å². The van der Waals surface area contributed by atoms with Gasteiger partial charge in [0.05, 0.1) is 10.8 Å². The van der Waals surface area contributed by atoms with E-state index in [1.165, 1.54) is 11.8 Å². The molecule has 0 aliphatic carbocycles. The minimum absolute atomic E-state index is 0.0932. The van der Waals surface area contributed by atoms with Gasteiger partial charge in [-0.25, -0.2) is 4.79 Å². The lowest BCUT2D eigenvalue weighted by Gasteiger charge is -2.36. The molecular formula is C36H38ClN3O4S2. The van der Waals surface area contributed by atoms with Crippen LogP contribution in [-0.4, -0.2) is 51.5 Å². The van der Waals surface area contributed by atoms with Crippen molar-refractivity contribution in [3.8, 4) is 0 Å². The fourth-order valence-corrected chi connectivity index (χ4v) is 6.98. The highest BCUT2D eigenvalue weighted by Crippen LogP contribution is 2.48. The SMILES string of the molecule is CC(C)(S)[C@@H](NC(=O)[C@H](Cc1ccc(Cl)cc1)NC(=O)[C@H](N)CSC(c1ccccc1)(c1ccccc1)c1ccccc1)C(=O)O. The Morgan fingerprint density at radius 3 is 1.65 bits per heavy atom. The molecule has 5 N–H and O–H groups in total. The highest BCUT2D eigenvalue weighted by molar-refractivity contribution is 8.00. The molecule has 2 amide bonds. The summed E-state index contributed by atoms with van der Waals surface area (Å²) in [7, 11) is 0. The molecule has 7 nitrogen and oxygen atoms in total. The number of halogens is 1. The van der Waals surface area contributed by atoms with Crippen molar-refractivity contribution in [3.63, 3.8) is 0 Å². The van der Waals surface area contributed by atoms with Gasteiger partial charge in [-0.15, -0.1) is 11.8 Å². The number of hydrogen-bond donors (Lipinski definition) is 5. The molecule has 46 heavy (non-hydrogen) atoms. The average Bonchev–Trinajstić information content (AvgIpc) is 3.05. The number of rotatable bonds is 14. The molecule has 0 unspecified atom stereocenters. The molecule has 0 bridgehead atoms. The van der Waals surface area contributed by atoms with E-state index in [9.17, 15) is 19.5 Å². The Labute approximate surface area is 284 Å². The van der Waals surface area contributed by atoms with Crippen LogP contribution in [0.2, 0.25) is 5.02 Å². The minimum atomic E-state index is -1.31. The second-order valence-corrected chi connectivity index (χ2v) is 14.3. The molecule has 0 spiro atoms. The van der Waals surface area contributed by atoms with E-state index in [0.717, 1.165) is 22.3 Å². The normalized spacial score (nSPS) is 13.7. The lowest BCUT2D eigenvalue weighted by molar-refractivity contribution is -0.143. The van der Waals surface area contributed by atoms with Gasteiger partial charge >= 0.3 is 5.97 Å². The van der Waals surface area contributed by atoms with Gasteiger partial charge in [-0.1, -0.05) is 115 Å². The van der Waals surface area contributed by atoms with E-state index in [0.29, 0.717) is 5.02 Å². The van der Waals surface area contributed by atoms with Gasteiger partial charge in [0.25, 0.3) is 0 Å². The second-order valence-electron chi connectivity index (χ2n) is 11.5. The average molecular weight is 676 g/mol. The van der Waals surface area contributed by atoms with Crippen molar-refractivity contribution in [1.29, 1.82) is 0 Å². The number of carboxylic acid groups (broad SMARTS) is 1. The summed E-state index contributed by atoms with van der Waals surface area (Å²) in [5.74, 6) is -2.23. The third-order valence-electron chi connectivity index (χ3n) is 7.58. The molecule has 0 saturated heterocycles. The largest absolute Gasteiger partial charge is 0.480 e. The van der Waals surface area contributed by atoms with E-state index in [1.807, 2.05) is 54.6 Å². The Morgan fingerprint density at radius 1 is 0.783 bits per heavy atom. The first kappa shape index (κ1) is 35.1. The number of carboxylic acids is 1. The van der Waals surface area contributed by atoms with Crippen molar-refractivity contribution in [3.05, 3.63) is 143 Å². The topological polar surface area (TPSA) is 122 Å². The van der Waals surface area contributed by atoms with Crippen LogP contribution in [-0.2, 0) is 25.6 Å². The summed E-state index contributed by atoms with van der Waals surface area (Å²) in [6, 6.07) is 33.6. The van der Waals surface area contributed by atoms with Crippen molar-refractivity contribution < 1.29 is 19.5 Å². The first-order chi connectivity index (χ1) is 21.9. The third kappa shape index (κ3) is 8.73. The van der Waals surface area contributed by atoms with E-state index < -0.39 is 45.4 Å². The molecule has 0 aromatic heterocycles. The molecule has 3 atom stereocenters. The van der Waals surface area contributed by atoms with Crippen molar-refractivity contribution in [2.45, 2.75) is 47.9 Å². The zero-order chi connectivity index (χ0) is 33.3. The summed E-state index contributed by atoms with van der Waals surface area (Å²) >= 11 is 12.0. The molecule has 10 heteroatoms. The maximum absolute atomic E-state index is 13.7. The number of hydrogen-bond acceptors (Lipinski definition) is 6. The molecule has 0 heterocycles. The number of amides is 2. The molecule has 240 valence electrons. The summed E-state index contributed by atoms with van der Waals surface area (Å²) in [6.45, 7) is 3.18. The maximum atomic E-state index is 13.7. The van der Waals surface area contributed by atoms with E-state index in [1.54, 1.807) is 38.1 Å². The van der Waals surface area contributed by atoms with Gasteiger partial charge in [0.1, 0.15) is 12.1 Å². The van der Waals surface area contributed by atoms with E-state index in [4.69, 9.17) is 17.3 Å². The van der Waals surface area contributed by atoms with Gasteiger partial charge in [0, 0.05) is 21.9 Å². The van der Waals surface area contributed by atoms with Crippen LogP contribution in [0.15, 0.2) is 115 Å². The number of aliphatic carboxylic acids is 1. The predicted octanol–water partition coefficient (Wildman–Crippen LogP) is 5.70. The number of nitrogens with two attached hydrogens (primary N) is 1. The number of nitrogens with one attached hydrogen (secondary N) is 2. The molecule has 4 aromatic carbocycles. The van der Waals surface area contributed by atoms with Crippen LogP contribution in [0.1, 0.15) is 36.1 Å². The Hall–Kier alpha value is -3.76. The summed E-state index contributed by atoms with van der Waals surface area (Å²) in [4.78, 5) is 39.1. The molecule has 0 aliphatic rings. The lowest BCUT2D eigenvalue weighted by atomic mass is 9.84. The Morgan fingerprint density at radius 2 is 1.24 bits per heavy atom. The molecule has 0 saturated carbocycles. The van der Waals surface area contributed by atoms with Crippen molar-refractivity contribution in [1.82, 2.24) is 10.6 Å². The zero-order valence-corrected chi connectivity index (χ0v) is 28.1. The first-order valence-corrected chi connectivity index (χ1v) is 16.6. The standard InChI is InChI=1S/C36H38ClN3O4S2/c1-35(2,45)31(34(43)44)40-33(42)30(22-24-18-20-28(37)21-19-24)39-32(41)29(38)23-46-36(25-12-6-3-7-13-25,26-14-8-4-9-15-26)27-16-10-5-11-17-27/h3-21,29-31,45H,22-23,38H2,1-2H3,(H,39,41)(H,40,42)(H,43,44)/t29-,30+,31+/m1/s1. The number of benzene rings is 4. The first-order valence-electron chi connectivity index (χ1n) is 14.8. The van der Waals surface area contributed by atoms with E-state index in [-0.39, 0.29) is 12.2 Å². The van der Waals surface area contributed by atoms with Gasteiger partial charge in [-0.3, -0.25) is 9.59 Å². The van der Waals surface area contributed by atoms with Gasteiger partial charge in [-0.2, -0.15) is 12.6 Å². The molecule has 4 aromatic rings. The fourth-order valence-electron chi connectivity index (χ4n) is 5.19.